The summed E-state index contributed by atoms with van der Waals surface area (Å²) in [6, 6.07) is 2.18. The molecular formula is C14H20N2O2. The Kier molecular flexibility index (Phi) is 3.02. The van der Waals surface area contributed by atoms with Crippen molar-refractivity contribution in [2.45, 2.75) is 44.6 Å². The second kappa shape index (κ2) is 4.67. The summed E-state index contributed by atoms with van der Waals surface area (Å²) in [6.45, 7) is 0.541. The number of anilines is 1. The molecule has 4 heteroatoms. The average molecular weight is 248 g/mol. The van der Waals surface area contributed by atoms with E-state index in [2.05, 4.69) is 0 Å². The van der Waals surface area contributed by atoms with Gasteiger partial charge in [-0.2, -0.15) is 0 Å². The standard InChI is InChI=1S/C14H20N2O2/c15-11-8-13(16(9-11)12-4-5-12)14(17)18-7-6-10-2-1-3-10/h8-10,12H,1-7,15H2. The third-order valence-corrected chi connectivity index (χ3v) is 4.00. The van der Waals surface area contributed by atoms with Gasteiger partial charge in [0.2, 0.25) is 0 Å². The minimum absolute atomic E-state index is 0.224. The van der Waals surface area contributed by atoms with E-state index in [9.17, 15) is 4.79 Å². The molecule has 0 spiro atoms. The van der Waals surface area contributed by atoms with Crippen molar-refractivity contribution < 1.29 is 9.53 Å². The molecule has 18 heavy (non-hydrogen) atoms. The van der Waals surface area contributed by atoms with Crippen molar-refractivity contribution in [3.05, 3.63) is 18.0 Å². The van der Waals surface area contributed by atoms with E-state index in [1.54, 1.807) is 6.07 Å². The molecule has 2 aliphatic carbocycles. The number of rotatable bonds is 5. The topological polar surface area (TPSA) is 57.3 Å². The van der Waals surface area contributed by atoms with Gasteiger partial charge in [-0.15, -0.1) is 0 Å². The zero-order chi connectivity index (χ0) is 12.5. The summed E-state index contributed by atoms with van der Waals surface area (Å²) in [6.07, 6.45) is 9.05. The van der Waals surface area contributed by atoms with E-state index >= 15 is 0 Å². The third kappa shape index (κ3) is 2.37. The molecule has 0 radical (unpaired) electrons. The fourth-order valence-corrected chi connectivity index (χ4v) is 2.49. The van der Waals surface area contributed by atoms with E-state index in [0.717, 1.165) is 25.2 Å². The highest BCUT2D eigenvalue weighted by atomic mass is 16.5. The maximum absolute atomic E-state index is 12.0. The van der Waals surface area contributed by atoms with Gasteiger partial charge in [0, 0.05) is 12.2 Å². The molecule has 2 aliphatic rings. The number of hydrogen-bond acceptors (Lipinski definition) is 3. The van der Waals surface area contributed by atoms with Crippen molar-refractivity contribution in [2.75, 3.05) is 12.3 Å². The largest absolute Gasteiger partial charge is 0.461 e. The molecule has 4 nitrogen and oxygen atoms in total. The van der Waals surface area contributed by atoms with E-state index in [1.807, 2.05) is 10.8 Å². The second-order valence-electron chi connectivity index (χ2n) is 5.52. The van der Waals surface area contributed by atoms with Crippen LogP contribution in [0.25, 0.3) is 0 Å². The number of esters is 1. The fourth-order valence-electron chi connectivity index (χ4n) is 2.49. The fraction of sp³-hybridized carbons (Fsp3) is 0.643. The minimum Gasteiger partial charge on any atom is -0.461 e. The van der Waals surface area contributed by atoms with Gasteiger partial charge in [-0.25, -0.2) is 4.79 Å². The van der Waals surface area contributed by atoms with Crippen molar-refractivity contribution in [1.29, 1.82) is 0 Å². The van der Waals surface area contributed by atoms with Gasteiger partial charge in [-0.05, 0) is 31.2 Å². The Labute approximate surface area is 107 Å². The first kappa shape index (κ1) is 11.6. The Morgan fingerprint density at radius 1 is 1.39 bits per heavy atom. The monoisotopic (exact) mass is 248 g/mol. The summed E-state index contributed by atoms with van der Waals surface area (Å²) in [5, 5.41) is 0. The van der Waals surface area contributed by atoms with Gasteiger partial charge in [0.1, 0.15) is 5.69 Å². The lowest BCUT2D eigenvalue weighted by molar-refractivity contribution is 0.0451. The Bertz CT molecular complexity index is 445. The molecule has 1 aromatic rings. The molecule has 0 bridgehead atoms. The van der Waals surface area contributed by atoms with Crippen LogP contribution >= 0.6 is 0 Å². The van der Waals surface area contributed by atoms with Crippen LogP contribution in [0.2, 0.25) is 0 Å². The summed E-state index contributed by atoms with van der Waals surface area (Å²) >= 11 is 0. The summed E-state index contributed by atoms with van der Waals surface area (Å²) in [5.74, 6) is 0.552. The first-order chi connectivity index (χ1) is 8.74. The van der Waals surface area contributed by atoms with Gasteiger partial charge in [0.05, 0.1) is 12.3 Å². The molecule has 2 N–H and O–H groups in total. The number of nitrogen functional groups attached to an aromatic ring is 1. The van der Waals surface area contributed by atoms with Gasteiger partial charge in [-0.3, -0.25) is 0 Å². The van der Waals surface area contributed by atoms with Gasteiger partial charge in [-0.1, -0.05) is 19.3 Å². The summed E-state index contributed by atoms with van der Waals surface area (Å²) in [7, 11) is 0. The Morgan fingerprint density at radius 2 is 2.17 bits per heavy atom. The molecular weight excluding hydrogens is 228 g/mol. The van der Waals surface area contributed by atoms with Crippen LogP contribution in [0.3, 0.4) is 0 Å². The molecule has 1 aromatic heterocycles. The van der Waals surface area contributed by atoms with E-state index in [1.165, 1.54) is 19.3 Å². The van der Waals surface area contributed by atoms with Crippen molar-refractivity contribution in [2.24, 2.45) is 5.92 Å². The molecule has 0 aliphatic heterocycles. The Balaban J connectivity index is 1.57. The van der Waals surface area contributed by atoms with E-state index < -0.39 is 0 Å². The first-order valence-electron chi connectivity index (χ1n) is 6.88. The number of carbonyl (C=O) groups is 1. The van der Waals surface area contributed by atoms with Crippen molar-refractivity contribution in [1.82, 2.24) is 4.57 Å². The molecule has 2 saturated carbocycles. The summed E-state index contributed by atoms with van der Waals surface area (Å²) in [4.78, 5) is 12.0. The lowest BCUT2D eigenvalue weighted by Gasteiger charge is -2.24. The molecule has 0 unspecified atom stereocenters. The maximum atomic E-state index is 12.0. The van der Waals surface area contributed by atoms with Crippen LogP contribution in [0.15, 0.2) is 12.3 Å². The van der Waals surface area contributed by atoms with Crippen LogP contribution in [0.1, 0.15) is 55.1 Å². The van der Waals surface area contributed by atoms with Crippen LogP contribution in [0.4, 0.5) is 5.69 Å². The quantitative estimate of drug-likeness (QED) is 0.815. The van der Waals surface area contributed by atoms with Crippen LogP contribution < -0.4 is 5.73 Å². The lowest BCUT2D eigenvalue weighted by Crippen LogP contribution is -2.17. The normalized spacial score (nSPS) is 19.6. The second-order valence-corrected chi connectivity index (χ2v) is 5.52. The number of hydrogen-bond donors (Lipinski definition) is 1. The van der Waals surface area contributed by atoms with Gasteiger partial charge in [0.15, 0.2) is 0 Å². The third-order valence-electron chi connectivity index (χ3n) is 4.00. The zero-order valence-corrected chi connectivity index (χ0v) is 10.6. The highest BCUT2D eigenvalue weighted by Crippen LogP contribution is 2.37. The van der Waals surface area contributed by atoms with Crippen molar-refractivity contribution in [3.63, 3.8) is 0 Å². The smallest absolute Gasteiger partial charge is 0.355 e. The predicted octanol–water partition coefficient (Wildman–Crippen LogP) is 2.75. The molecule has 0 aromatic carbocycles. The Hall–Kier alpha value is -1.45. The highest BCUT2D eigenvalue weighted by molar-refractivity contribution is 5.89. The van der Waals surface area contributed by atoms with Crippen LogP contribution in [-0.4, -0.2) is 17.1 Å². The summed E-state index contributed by atoms with van der Waals surface area (Å²) in [5.41, 5.74) is 7.02. The van der Waals surface area contributed by atoms with Crippen LogP contribution in [-0.2, 0) is 4.74 Å². The zero-order valence-electron chi connectivity index (χ0n) is 10.6. The predicted molar refractivity (Wildman–Crippen MR) is 69.4 cm³/mol. The molecule has 0 amide bonds. The van der Waals surface area contributed by atoms with E-state index in [-0.39, 0.29) is 5.97 Å². The SMILES string of the molecule is Nc1cc(C(=O)OCCC2CCC2)n(C2CC2)c1. The number of ether oxygens (including phenoxy) is 1. The molecule has 2 fully saturated rings. The minimum atomic E-state index is -0.224. The molecule has 3 rings (SSSR count). The molecule has 0 saturated heterocycles. The number of carbonyl (C=O) groups excluding carboxylic acids is 1. The average Bonchev–Trinajstić information content (AvgIpc) is 3.05. The Morgan fingerprint density at radius 3 is 2.78 bits per heavy atom. The highest BCUT2D eigenvalue weighted by Gasteiger charge is 2.28. The van der Waals surface area contributed by atoms with Gasteiger partial charge >= 0.3 is 5.97 Å². The van der Waals surface area contributed by atoms with E-state index in [4.69, 9.17) is 10.5 Å². The summed E-state index contributed by atoms with van der Waals surface area (Å²) < 4.78 is 7.32. The molecule has 1 heterocycles. The molecule has 0 atom stereocenters. The van der Waals surface area contributed by atoms with Crippen LogP contribution in [0, 0.1) is 5.92 Å². The maximum Gasteiger partial charge on any atom is 0.355 e. The van der Waals surface area contributed by atoms with Crippen LogP contribution in [0.5, 0.6) is 0 Å². The first-order valence-corrected chi connectivity index (χ1v) is 6.88. The van der Waals surface area contributed by atoms with Gasteiger partial charge in [0.25, 0.3) is 0 Å². The number of aromatic nitrogens is 1. The number of nitrogens with zero attached hydrogens (tertiary/aromatic N) is 1. The van der Waals surface area contributed by atoms with Crippen molar-refractivity contribution >= 4 is 11.7 Å². The van der Waals surface area contributed by atoms with E-state index in [0.29, 0.717) is 24.0 Å². The number of nitrogens with two attached hydrogens (primary N) is 1. The molecule has 98 valence electrons. The van der Waals surface area contributed by atoms with Gasteiger partial charge < -0.3 is 15.0 Å². The lowest BCUT2D eigenvalue weighted by atomic mass is 9.83. The van der Waals surface area contributed by atoms with Crippen molar-refractivity contribution in [3.8, 4) is 0 Å².